The Morgan fingerprint density at radius 1 is 1.26 bits per heavy atom. The van der Waals surface area contributed by atoms with Crippen molar-refractivity contribution in [3.63, 3.8) is 0 Å². The molecule has 0 bridgehead atoms. The second kappa shape index (κ2) is 7.60. The second-order valence-corrected chi connectivity index (χ2v) is 8.14. The lowest BCUT2D eigenvalue weighted by Crippen LogP contribution is -2.44. The van der Waals surface area contributed by atoms with E-state index in [9.17, 15) is 15.2 Å². The van der Waals surface area contributed by atoms with Gasteiger partial charge in [0.1, 0.15) is 18.2 Å². The first kappa shape index (κ1) is 19.4. The Labute approximate surface area is 184 Å². The van der Waals surface area contributed by atoms with Crippen molar-refractivity contribution in [2.45, 2.75) is 25.0 Å². The van der Waals surface area contributed by atoms with Crippen molar-refractivity contribution in [1.82, 2.24) is 0 Å². The van der Waals surface area contributed by atoms with Crippen LogP contribution in [0.4, 0.5) is 5.69 Å². The monoisotopic (exact) mass is 431 g/mol. The third kappa shape index (κ3) is 3.28. The zero-order valence-electron chi connectivity index (χ0n) is 16.4. The standard InChI is InChI=1S/C24H18ClN3O3/c25-20-12-17(7-4-16(20)13-26)28-23(21-3-1-2-10-31-21)19-9-5-14-11-15(24(29)30)6-8-18(14)22(19)27-28/h1-4,6-8,10-12,19,21,23H,5,9H2,(H,29,30)/t19-,21?,23+/m0/s1. The van der Waals surface area contributed by atoms with E-state index in [0.717, 1.165) is 35.4 Å². The van der Waals surface area contributed by atoms with E-state index in [1.165, 1.54) is 0 Å². The highest BCUT2D eigenvalue weighted by Crippen LogP contribution is 2.41. The summed E-state index contributed by atoms with van der Waals surface area (Å²) in [6.45, 7) is 0. The van der Waals surface area contributed by atoms with Gasteiger partial charge in [0.25, 0.3) is 0 Å². The number of allylic oxidation sites excluding steroid dienone is 2. The Morgan fingerprint density at radius 2 is 2.13 bits per heavy atom. The third-order valence-corrected chi connectivity index (χ3v) is 6.33. The van der Waals surface area contributed by atoms with Gasteiger partial charge in [-0.1, -0.05) is 23.7 Å². The molecule has 0 spiro atoms. The van der Waals surface area contributed by atoms with Crippen molar-refractivity contribution in [2.24, 2.45) is 11.0 Å². The molecule has 0 saturated heterocycles. The van der Waals surface area contributed by atoms with Crippen molar-refractivity contribution in [3.8, 4) is 6.07 Å². The molecule has 0 amide bonds. The lowest BCUT2D eigenvalue weighted by atomic mass is 9.77. The molecule has 5 rings (SSSR count). The number of nitrogens with zero attached hydrogens (tertiary/aromatic N) is 3. The number of carboxylic acid groups (broad SMARTS) is 1. The fourth-order valence-electron chi connectivity index (χ4n) is 4.57. The number of hydrogen-bond donors (Lipinski definition) is 1. The van der Waals surface area contributed by atoms with E-state index in [0.29, 0.717) is 10.6 Å². The van der Waals surface area contributed by atoms with Crippen molar-refractivity contribution in [1.29, 1.82) is 5.26 Å². The number of hydrogen-bond acceptors (Lipinski definition) is 5. The van der Waals surface area contributed by atoms with E-state index < -0.39 is 5.97 Å². The molecule has 7 heteroatoms. The topological polar surface area (TPSA) is 85.9 Å². The van der Waals surface area contributed by atoms with Crippen LogP contribution in [0, 0.1) is 17.2 Å². The summed E-state index contributed by atoms with van der Waals surface area (Å²) in [5.41, 5.74) is 4.37. The third-order valence-electron chi connectivity index (χ3n) is 6.01. The molecule has 2 aromatic carbocycles. The van der Waals surface area contributed by atoms with Crippen LogP contribution >= 0.6 is 11.6 Å². The molecule has 2 aliphatic heterocycles. The minimum Gasteiger partial charge on any atom is -0.492 e. The largest absolute Gasteiger partial charge is 0.492 e. The average molecular weight is 432 g/mol. The first-order valence-corrected chi connectivity index (χ1v) is 10.4. The van der Waals surface area contributed by atoms with Crippen molar-refractivity contribution < 1.29 is 14.6 Å². The van der Waals surface area contributed by atoms with Crippen LogP contribution in [0.25, 0.3) is 0 Å². The molecule has 0 fully saturated rings. The maximum Gasteiger partial charge on any atom is 0.335 e. The number of hydrazone groups is 1. The summed E-state index contributed by atoms with van der Waals surface area (Å²) in [5.74, 6) is -0.823. The first-order valence-electron chi connectivity index (χ1n) is 9.99. The number of carboxylic acids is 1. The van der Waals surface area contributed by atoms with E-state index in [2.05, 4.69) is 6.07 Å². The number of carbonyl (C=O) groups is 1. The van der Waals surface area contributed by atoms with E-state index in [1.807, 2.05) is 35.4 Å². The van der Waals surface area contributed by atoms with Crippen molar-refractivity contribution in [3.05, 3.63) is 88.2 Å². The summed E-state index contributed by atoms with van der Waals surface area (Å²) in [4.78, 5) is 11.4. The van der Waals surface area contributed by atoms with Gasteiger partial charge in [-0.15, -0.1) is 0 Å². The predicted octanol–water partition coefficient (Wildman–Crippen LogP) is 4.53. The van der Waals surface area contributed by atoms with Crippen LogP contribution in [0.2, 0.25) is 5.02 Å². The molecule has 1 N–H and O–H groups in total. The predicted molar refractivity (Wildman–Crippen MR) is 117 cm³/mol. The zero-order chi connectivity index (χ0) is 21.5. The molecule has 0 saturated carbocycles. The molecule has 154 valence electrons. The molecule has 1 unspecified atom stereocenters. The molecule has 0 aromatic heterocycles. The zero-order valence-corrected chi connectivity index (χ0v) is 17.2. The molecule has 0 radical (unpaired) electrons. The molecule has 2 heterocycles. The number of nitriles is 1. The normalized spacial score (nSPS) is 23.4. The van der Waals surface area contributed by atoms with Crippen molar-refractivity contribution in [2.75, 3.05) is 5.01 Å². The minimum atomic E-state index is -0.933. The summed E-state index contributed by atoms with van der Waals surface area (Å²) < 4.78 is 5.93. The van der Waals surface area contributed by atoms with Crippen molar-refractivity contribution >= 4 is 29.0 Å². The van der Waals surface area contributed by atoms with Gasteiger partial charge in [-0.25, -0.2) is 4.79 Å². The molecule has 31 heavy (non-hydrogen) atoms. The van der Waals surface area contributed by atoms with Gasteiger partial charge < -0.3 is 9.84 Å². The number of ether oxygens (including phenoxy) is 1. The Bertz CT molecular complexity index is 1210. The lowest BCUT2D eigenvalue weighted by molar-refractivity contribution is 0.0696. The van der Waals surface area contributed by atoms with Crippen LogP contribution in [0.1, 0.15) is 33.5 Å². The van der Waals surface area contributed by atoms with E-state index in [-0.39, 0.29) is 23.6 Å². The van der Waals surface area contributed by atoms with Gasteiger partial charge in [-0.2, -0.15) is 10.4 Å². The number of benzene rings is 2. The molecule has 2 aromatic rings. The minimum absolute atomic E-state index is 0.0903. The van der Waals surface area contributed by atoms with E-state index in [4.69, 9.17) is 21.4 Å². The average Bonchev–Trinajstić information content (AvgIpc) is 3.19. The van der Waals surface area contributed by atoms with Gasteiger partial charge in [0.2, 0.25) is 0 Å². The number of rotatable bonds is 3. The van der Waals surface area contributed by atoms with Crippen LogP contribution in [0.5, 0.6) is 0 Å². The molecule has 3 aliphatic rings. The van der Waals surface area contributed by atoms with Gasteiger partial charge in [-0.3, -0.25) is 5.01 Å². The molecule has 3 atom stereocenters. The SMILES string of the molecule is N#Cc1ccc(N2N=C3c4ccc(C(=O)O)cc4CC[C@@H]3[C@@H]2C2C=CC=CO2)cc1Cl. The summed E-state index contributed by atoms with van der Waals surface area (Å²) >= 11 is 6.31. The van der Waals surface area contributed by atoms with Gasteiger partial charge in [0, 0.05) is 11.5 Å². The molecule has 6 nitrogen and oxygen atoms in total. The Balaban J connectivity index is 1.60. The fourth-order valence-corrected chi connectivity index (χ4v) is 4.79. The maximum atomic E-state index is 11.4. The smallest absolute Gasteiger partial charge is 0.335 e. The number of aromatic carboxylic acids is 1. The summed E-state index contributed by atoms with van der Waals surface area (Å²) in [6, 6.07) is 12.5. The van der Waals surface area contributed by atoms with Crippen LogP contribution in [-0.4, -0.2) is 28.9 Å². The Hall–Kier alpha value is -3.56. The van der Waals surface area contributed by atoms with Crippen LogP contribution in [0.15, 0.2) is 66.0 Å². The highest BCUT2D eigenvalue weighted by molar-refractivity contribution is 6.32. The summed E-state index contributed by atoms with van der Waals surface area (Å²) in [7, 11) is 0. The highest BCUT2D eigenvalue weighted by atomic mass is 35.5. The lowest BCUT2D eigenvalue weighted by Gasteiger charge is -2.34. The van der Waals surface area contributed by atoms with Gasteiger partial charge >= 0.3 is 5.97 Å². The van der Waals surface area contributed by atoms with Crippen LogP contribution < -0.4 is 5.01 Å². The summed E-state index contributed by atoms with van der Waals surface area (Å²) in [6.07, 6.45) is 8.91. The number of aryl methyl sites for hydroxylation is 1. The quantitative estimate of drug-likeness (QED) is 0.771. The van der Waals surface area contributed by atoms with Gasteiger partial charge in [0.15, 0.2) is 0 Å². The number of fused-ring (bicyclic) bond motifs is 3. The van der Waals surface area contributed by atoms with Crippen LogP contribution in [0.3, 0.4) is 0 Å². The molecular formula is C24H18ClN3O3. The number of anilines is 1. The van der Waals surface area contributed by atoms with Gasteiger partial charge in [0.05, 0.1) is 33.8 Å². The highest BCUT2D eigenvalue weighted by Gasteiger charge is 2.45. The Morgan fingerprint density at radius 3 is 2.84 bits per heavy atom. The van der Waals surface area contributed by atoms with Crippen LogP contribution in [-0.2, 0) is 11.2 Å². The van der Waals surface area contributed by atoms with E-state index in [1.54, 1.807) is 30.5 Å². The maximum absolute atomic E-state index is 11.4. The Kier molecular flexibility index (Phi) is 4.76. The first-order chi connectivity index (χ1) is 15.1. The molecule has 1 aliphatic carbocycles. The molecular weight excluding hydrogens is 414 g/mol. The number of halogens is 1. The second-order valence-electron chi connectivity index (χ2n) is 7.73. The van der Waals surface area contributed by atoms with E-state index >= 15 is 0 Å². The fraction of sp³-hybridized carbons (Fsp3) is 0.208. The summed E-state index contributed by atoms with van der Waals surface area (Å²) in [5, 5.41) is 25.8. The van der Waals surface area contributed by atoms with Gasteiger partial charge in [-0.05, 0) is 60.9 Å².